The molecule has 0 saturated carbocycles. The Morgan fingerprint density at radius 1 is 0.262 bits per heavy atom. The zero-order valence-corrected chi connectivity index (χ0v) is 28.6. The first-order valence-electron chi connectivity index (χ1n) is 13.6. The van der Waals surface area contributed by atoms with E-state index in [0.29, 0.717) is 0 Å². The quantitative estimate of drug-likeness (QED) is 0.109. The zero-order chi connectivity index (χ0) is 29.1. The Bertz CT molecular complexity index is 1420. The summed E-state index contributed by atoms with van der Waals surface area (Å²) in [4.78, 5) is 0. The monoisotopic (exact) mass is 737 g/mol. The van der Waals surface area contributed by atoms with Gasteiger partial charge in [-0.3, -0.25) is 0 Å². The van der Waals surface area contributed by atoms with E-state index in [-0.39, 0.29) is 0 Å². The van der Waals surface area contributed by atoms with Crippen LogP contribution in [0.25, 0.3) is 0 Å². The van der Waals surface area contributed by atoms with Crippen molar-refractivity contribution in [3.8, 4) is 0 Å². The molecular formula is C36H32Cl3P2Pd. The average molecular weight is 739 g/mol. The maximum absolute atomic E-state index is 8.66. The number of rotatable bonds is 8. The topological polar surface area (TPSA) is 0 Å². The van der Waals surface area contributed by atoms with Gasteiger partial charge in [0.05, 0.1) is 0 Å². The molecule has 217 valence electrons. The van der Waals surface area contributed by atoms with Crippen LogP contribution in [-0.4, -0.2) is 0 Å². The summed E-state index contributed by atoms with van der Waals surface area (Å²) in [5.41, 5.74) is -6.88. The molecule has 0 aliphatic rings. The van der Waals surface area contributed by atoms with Crippen LogP contribution < -0.4 is 31.8 Å². The van der Waals surface area contributed by atoms with Gasteiger partial charge in [-0.2, -0.15) is 0 Å². The van der Waals surface area contributed by atoms with Crippen molar-refractivity contribution in [3.63, 3.8) is 0 Å². The third kappa shape index (κ3) is 4.55. The fourth-order valence-electron chi connectivity index (χ4n) is 6.02. The number of hydrogen-bond acceptors (Lipinski definition) is 0. The molecule has 0 nitrogen and oxygen atoms in total. The number of hydrogen-bond donors (Lipinski definition) is 0. The van der Waals surface area contributed by atoms with E-state index in [0.717, 1.165) is 31.8 Å². The summed E-state index contributed by atoms with van der Waals surface area (Å²) in [7, 11) is 20.9. The van der Waals surface area contributed by atoms with Crippen LogP contribution in [0, 0.1) is 0 Å². The molecule has 0 heterocycles. The van der Waals surface area contributed by atoms with Crippen LogP contribution in [0.4, 0.5) is 0 Å². The van der Waals surface area contributed by atoms with Crippen LogP contribution in [0.2, 0.25) is 0 Å². The Kier molecular flexibility index (Phi) is 8.51. The minimum absolute atomic E-state index is 1.11. The second-order valence-corrected chi connectivity index (χ2v) is 52.8. The van der Waals surface area contributed by atoms with E-state index in [2.05, 4.69) is 146 Å². The van der Waals surface area contributed by atoms with E-state index in [9.17, 15) is 0 Å². The molecule has 0 radical (unpaired) electrons. The Morgan fingerprint density at radius 2 is 0.405 bits per heavy atom. The van der Waals surface area contributed by atoms with Crippen molar-refractivity contribution >= 4 is 71.3 Å². The third-order valence-corrected chi connectivity index (χ3v) is 62.8. The van der Waals surface area contributed by atoms with Gasteiger partial charge >= 0.3 is 264 Å². The molecule has 0 aromatic heterocycles. The van der Waals surface area contributed by atoms with Crippen molar-refractivity contribution < 1.29 is 10.3 Å². The van der Waals surface area contributed by atoms with Crippen molar-refractivity contribution in [1.29, 1.82) is 0 Å². The molecule has 0 unspecified atom stereocenters. The summed E-state index contributed by atoms with van der Waals surface area (Å²) in [6.45, 7) is 0. The van der Waals surface area contributed by atoms with Gasteiger partial charge in [0.1, 0.15) is 0 Å². The molecule has 0 spiro atoms. The molecule has 6 aromatic rings. The predicted molar refractivity (Wildman–Crippen MR) is 191 cm³/mol. The molecular weight excluding hydrogens is 707 g/mol. The Labute approximate surface area is 261 Å². The SMILES string of the molecule is [Cl][Pd]([Cl])([Cl])([PH](c1ccccc1)(c1ccccc1)c1ccccc1)[PH](c1ccccc1)(c1ccccc1)c1ccccc1. The van der Waals surface area contributed by atoms with Crippen LogP contribution in [0.3, 0.4) is 0 Å². The first-order valence-corrected chi connectivity index (χ1v) is 27.9. The number of benzene rings is 6. The normalized spacial score (nSPS) is 13.9. The molecule has 6 rings (SSSR count). The maximum atomic E-state index is 8.66. The molecule has 0 aliphatic carbocycles. The standard InChI is InChI=1S/2C18H15P.3ClH.Pd/c2*1-4-10-16(11-5-1)19(17-12-6-2-7-13-17)18-14-8-3-9-15-18;;;;/h2*1-15H;3*1H;/q;;;;;+1/p-1. The van der Waals surface area contributed by atoms with E-state index in [1.165, 1.54) is 0 Å². The molecule has 0 aliphatic heterocycles. The molecule has 6 heteroatoms. The van der Waals surface area contributed by atoms with E-state index in [1.807, 2.05) is 36.4 Å². The second kappa shape index (κ2) is 12.0. The second-order valence-electron chi connectivity index (χ2n) is 9.99. The van der Waals surface area contributed by atoms with Crippen molar-refractivity contribution in [3.05, 3.63) is 182 Å². The fourth-order valence-corrected chi connectivity index (χ4v) is 72.5. The van der Waals surface area contributed by atoms with E-state index in [1.54, 1.807) is 0 Å². The van der Waals surface area contributed by atoms with Gasteiger partial charge in [-0.05, 0) is 0 Å². The van der Waals surface area contributed by atoms with Crippen LogP contribution in [0.15, 0.2) is 182 Å². The Hall–Kier alpha value is -2.29. The molecule has 0 amide bonds. The van der Waals surface area contributed by atoms with Gasteiger partial charge in [-0.15, -0.1) is 0 Å². The molecule has 6 aromatic carbocycles. The van der Waals surface area contributed by atoms with Gasteiger partial charge in [-0.25, -0.2) is 0 Å². The van der Waals surface area contributed by atoms with Gasteiger partial charge in [0, 0.05) is 0 Å². The number of halogens is 3. The third-order valence-electron chi connectivity index (χ3n) is 7.70. The van der Waals surface area contributed by atoms with Crippen molar-refractivity contribution in [2.45, 2.75) is 0 Å². The molecule has 0 atom stereocenters. The molecule has 0 bridgehead atoms. The van der Waals surface area contributed by atoms with Gasteiger partial charge in [0.25, 0.3) is 0 Å². The molecule has 0 N–H and O–H groups in total. The Morgan fingerprint density at radius 3 is 0.548 bits per heavy atom. The minimum atomic E-state index is -5.09. The summed E-state index contributed by atoms with van der Waals surface area (Å²) >= 11 is 0. The van der Waals surface area contributed by atoms with Crippen LogP contribution in [0.1, 0.15) is 0 Å². The molecule has 42 heavy (non-hydrogen) atoms. The summed E-state index contributed by atoms with van der Waals surface area (Å²) in [5.74, 6) is 0. The van der Waals surface area contributed by atoms with Gasteiger partial charge in [0.15, 0.2) is 0 Å². The summed E-state index contributed by atoms with van der Waals surface area (Å²) in [6.07, 6.45) is 0. The van der Waals surface area contributed by atoms with Crippen molar-refractivity contribution in [1.82, 2.24) is 0 Å². The molecule has 0 saturated heterocycles. The summed E-state index contributed by atoms with van der Waals surface area (Å²) in [6, 6.07) is 63.6. The first-order chi connectivity index (χ1) is 20.4. The van der Waals surface area contributed by atoms with Crippen molar-refractivity contribution in [2.75, 3.05) is 0 Å². The van der Waals surface area contributed by atoms with Gasteiger partial charge in [-0.1, -0.05) is 0 Å². The summed E-state index contributed by atoms with van der Waals surface area (Å²) < 4.78 is 0. The van der Waals surface area contributed by atoms with E-state index >= 15 is 0 Å². The average Bonchev–Trinajstić information content (AvgIpc) is 3.04. The van der Waals surface area contributed by atoms with Crippen molar-refractivity contribution in [2.24, 2.45) is 0 Å². The zero-order valence-electron chi connectivity index (χ0n) is 22.8. The van der Waals surface area contributed by atoms with E-state index < -0.39 is 21.2 Å². The van der Waals surface area contributed by atoms with Gasteiger partial charge < -0.3 is 0 Å². The van der Waals surface area contributed by atoms with Crippen LogP contribution >= 0.6 is 39.5 Å². The van der Waals surface area contributed by atoms with Gasteiger partial charge in [0.2, 0.25) is 0 Å². The first kappa shape index (κ1) is 29.8. The van der Waals surface area contributed by atoms with Crippen LogP contribution in [-0.2, 0) is 10.3 Å². The van der Waals surface area contributed by atoms with Crippen LogP contribution in [0.5, 0.6) is 0 Å². The molecule has 0 fully saturated rings. The van der Waals surface area contributed by atoms with E-state index in [4.69, 9.17) is 28.6 Å². The fraction of sp³-hybridized carbons (Fsp3) is 0. The summed E-state index contributed by atoms with van der Waals surface area (Å²) in [5, 5.41) is 6.66. The Balaban J connectivity index is 1.92. The predicted octanol–water partition coefficient (Wildman–Crippen LogP) is 8.42.